The molecule has 2 rings (SSSR count). The van der Waals surface area contributed by atoms with Crippen LogP contribution < -0.4 is 10.9 Å². The maximum absolute atomic E-state index is 11.1. The van der Waals surface area contributed by atoms with E-state index >= 15 is 0 Å². The zero-order valence-electron chi connectivity index (χ0n) is 6.58. The molecule has 0 aromatic heterocycles. The van der Waals surface area contributed by atoms with Crippen molar-refractivity contribution in [3.8, 4) is 11.1 Å². The average Bonchev–Trinajstić information content (AvgIpc) is 2.19. The van der Waals surface area contributed by atoms with Gasteiger partial charge in [-0.05, 0) is 5.56 Å². The van der Waals surface area contributed by atoms with E-state index in [0.29, 0.717) is 11.1 Å². The summed E-state index contributed by atoms with van der Waals surface area (Å²) >= 11 is 5.60. The van der Waals surface area contributed by atoms with Crippen LogP contribution in [0, 0.1) is 0 Å². The molecule has 2 nitrogen and oxygen atoms in total. The topological polar surface area (TPSA) is 34.1 Å². The van der Waals surface area contributed by atoms with Crippen LogP contribution in [0.1, 0.15) is 0 Å². The highest BCUT2D eigenvalue weighted by Crippen LogP contribution is 2.22. The Labute approximate surface area is 79.1 Å². The molecule has 13 heavy (non-hydrogen) atoms. The summed E-state index contributed by atoms with van der Waals surface area (Å²) in [6, 6.07) is 8.93. The normalized spacial score (nSPS) is 10.5. The van der Waals surface area contributed by atoms with Gasteiger partial charge in [0.05, 0.1) is 5.56 Å². The van der Waals surface area contributed by atoms with Crippen LogP contribution in [-0.2, 0) is 0 Å². The quantitative estimate of drug-likeness (QED) is 0.644. The maximum Gasteiger partial charge on any atom is 0.245 e. The number of halogens is 1. The van der Waals surface area contributed by atoms with Gasteiger partial charge in [0.1, 0.15) is 5.02 Å². The predicted octanol–water partition coefficient (Wildman–Crippen LogP) is 1.60. The van der Waals surface area contributed by atoms with Crippen molar-refractivity contribution in [1.82, 2.24) is 0 Å². The third kappa shape index (κ3) is 1.11. The monoisotopic (exact) mass is 192 g/mol. The van der Waals surface area contributed by atoms with E-state index < -0.39 is 10.9 Å². The van der Waals surface area contributed by atoms with E-state index in [1.54, 1.807) is 24.3 Å². The first-order chi connectivity index (χ1) is 6.22. The van der Waals surface area contributed by atoms with Crippen LogP contribution in [0.4, 0.5) is 0 Å². The fourth-order valence-corrected chi connectivity index (χ4v) is 1.51. The Balaban J connectivity index is 2.63. The van der Waals surface area contributed by atoms with Crippen LogP contribution in [-0.4, -0.2) is 0 Å². The highest BCUT2D eigenvalue weighted by atomic mass is 35.5. The van der Waals surface area contributed by atoms with Crippen LogP contribution in [0.15, 0.2) is 39.9 Å². The van der Waals surface area contributed by atoms with Gasteiger partial charge in [-0.2, -0.15) is 0 Å². The summed E-state index contributed by atoms with van der Waals surface area (Å²) in [4.78, 5) is 21.9. The molecular formula is C10H5ClO2. The Hall–Kier alpha value is -1.41. The first-order valence-corrected chi connectivity index (χ1v) is 4.14. The highest BCUT2D eigenvalue weighted by Gasteiger charge is 2.19. The lowest BCUT2D eigenvalue weighted by atomic mass is 10.0. The molecule has 0 radical (unpaired) electrons. The third-order valence-electron chi connectivity index (χ3n) is 1.91. The van der Waals surface area contributed by atoms with Crippen molar-refractivity contribution in [2.45, 2.75) is 0 Å². The predicted molar refractivity (Wildman–Crippen MR) is 51.8 cm³/mol. The Morgan fingerprint density at radius 1 is 0.923 bits per heavy atom. The third-order valence-corrected chi connectivity index (χ3v) is 2.28. The molecule has 64 valence electrons. The molecule has 0 aliphatic rings. The van der Waals surface area contributed by atoms with Gasteiger partial charge in [-0.15, -0.1) is 0 Å². The summed E-state index contributed by atoms with van der Waals surface area (Å²) in [6.07, 6.45) is 0. The molecule has 2 aromatic rings. The number of hydrogen-bond donors (Lipinski definition) is 0. The molecule has 0 spiro atoms. The van der Waals surface area contributed by atoms with Crippen molar-refractivity contribution in [2.75, 3.05) is 0 Å². The van der Waals surface area contributed by atoms with Crippen LogP contribution in [0.2, 0.25) is 5.02 Å². The molecule has 0 fully saturated rings. The molecule has 0 saturated carbocycles. The van der Waals surface area contributed by atoms with E-state index in [-0.39, 0.29) is 5.02 Å². The molecule has 0 aliphatic carbocycles. The minimum Gasteiger partial charge on any atom is -0.285 e. The van der Waals surface area contributed by atoms with Gasteiger partial charge in [-0.25, -0.2) is 0 Å². The second-order valence-electron chi connectivity index (χ2n) is 2.71. The summed E-state index contributed by atoms with van der Waals surface area (Å²) < 4.78 is 0. The maximum atomic E-state index is 11.1. The number of hydrogen-bond acceptors (Lipinski definition) is 2. The lowest BCUT2D eigenvalue weighted by Gasteiger charge is -2.03. The first-order valence-electron chi connectivity index (χ1n) is 3.76. The Morgan fingerprint density at radius 2 is 1.54 bits per heavy atom. The van der Waals surface area contributed by atoms with Crippen LogP contribution in [0.3, 0.4) is 0 Å². The Morgan fingerprint density at radius 3 is 2.08 bits per heavy atom. The molecular weight excluding hydrogens is 188 g/mol. The van der Waals surface area contributed by atoms with Gasteiger partial charge in [-0.1, -0.05) is 41.9 Å². The second-order valence-corrected chi connectivity index (χ2v) is 3.09. The van der Waals surface area contributed by atoms with Crippen molar-refractivity contribution < 1.29 is 0 Å². The molecule has 0 aliphatic heterocycles. The number of rotatable bonds is 1. The standard InChI is InChI=1S/C10H5ClO2/c11-8-7(9(12)10(8)13)6-4-2-1-3-5-6/h1-5H. The van der Waals surface area contributed by atoms with Gasteiger partial charge in [0, 0.05) is 0 Å². The van der Waals surface area contributed by atoms with E-state index in [0.717, 1.165) is 0 Å². The van der Waals surface area contributed by atoms with Crippen LogP contribution in [0.5, 0.6) is 0 Å². The first kappa shape index (κ1) is 8.20. The zero-order valence-corrected chi connectivity index (χ0v) is 7.34. The highest BCUT2D eigenvalue weighted by molar-refractivity contribution is 6.34. The fourth-order valence-electron chi connectivity index (χ4n) is 1.23. The summed E-state index contributed by atoms with van der Waals surface area (Å²) in [5.74, 6) is 0. The van der Waals surface area contributed by atoms with Crippen molar-refractivity contribution in [3.63, 3.8) is 0 Å². The Kier molecular flexibility index (Phi) is 1.78. The molecule has 3 heteroatoms. The average molecular weight is 193 g/mol. The Bertz CT molecular complexity index is 507. The van der Waals surface area contributed by atoms with Gasteiger partial charge in [-0.3, -0.25) is 9.59 Å². The summed E-state index contributed by atoms with van der Waals surface area (Å²) in [6.45, 7) is 0. The molecule has 0 unspecified atom stereocenters. The molecule has 0 N–H and O–H groups in total. The molecule has 0 heterocycles. The lowest BCUT2D eigenvalue weighted by Crippen LogP contribution is -2.33. The van der Waals surface area contributed by atoms with Gasteiger partial charge in [0.2, 0.25) is 10.9 Å². The minimum absolute atomic E-state index is 0.0520. The summed E-state index contributed by atoms with van der Waals surface area (Å²) in [5, 5.41) is 0.0520. The summed E-state index contributed by atoms with van der Waals surface area (Å²) in [7, 11) is 0. The summed E-state index contributed by atoms with van der Waals surface area (Å²) in [5.41, 5.74) is -0.0268. The van der Waals surface area contributed by atoms with Gasteiger partial charge < -0.3 is 0 Å². The molecule has 0 saturated heterocycles. The van der Waals surface area contributed by atoms with E-state index in [2.05, 4.69) is 0 Å². The van der Waals surface area contributed by atoms with E-state index in [1.807, 2.05) is 6.07 Å². The molecule has 2 aromatic carbocycles. The zero-order chi connectivity index (χ0) is 9.42. The van der Waals surface area contributed by atoms with Gasteiger partial charge >= 0.3 is 0 Å². The molecule has 0 bridgehead atoms. The van der Waals surface area contributed by atoms with E-state index in [9.17, 15) is 9.59 Å². The van der Waals surface area contributed by atoms with Crippen molar-refractivity contribution in [2.24, 2.45) is 0 Å². The largest absolute Gasteiger partial charge is 0.285 e. The second kappa shape index (κ2) is 2.82. The van der Waals surface area contributed by atoms with Gasteiger partial charge in [0.25, 0.3) is 0 Å². The van der Waals surface area contributed by atoms with Crippen LogP contribution >= 0.6 is 11.6 Å². The van der Waals surface area contributed by atoms with E-state index in [4.69, 9.17) is 11.6 Å². The van der Waals surface area contributed by atoms with Crippen molar-refractivity contribution >= 4 is 11.6 Å². The minimum atomic E-state index is -0.583. The lowest BCUT2D eigenvalue weighted by molar-refractivity contribution is 1.41. The molecule has 0 atom stereocenters. The molecule has 0 amide bonds. The SMILES string of the molecule is O=c1c(Cl)c(-c2ccccc2)c1=O. The van der Waals surface area contributed by atoms with Crippen molar-refractivity contribution in [3.05, 3.63) is 55.8 Å². The fraction of sp³-hybridized carbons (Fsp3) is 0. The van der Waals surface area contributed by atoms with Gasteiger partial charge in [0.15, 0.2) is 0 Å². The van der Waals surface area contributed by atoms with Crippen LogP contribution in [0.25, 0.3) is 11.1 Å². The number of benzene rings is 1. The van der Waals surface area contributed by atoms with E-state index in [1.165, 1.54) is 0 Å². The van der Waals surface area contributed by atoms with Crippen molar-refractivity contribution in [1.29, 1.82) is 0 Å². The smallest absolute Gasteiger partial charge is 0.245 e.